The van der Waals surface area contributed by atoms with E-state index < -0.39 is 5.41 Å². The Morgan fingerprint density at radius 3 is 2.12 bits per heavy atom. The molecule has 0 aromatic rings. The first-order chi connectivity index (χ1) is 7.73. The van der Waals surface area contributed by atoms with Gasteiger partial charge in [0.25, 0.3) is 0 Å². The van der Waals surface area contributed by atoms with Crippen molar-refractivity contribution in [1.82, 2.24) is 0 Å². The lowest BCUT2D eigenvalue weighted by Gasteiger charge is -2.25. The number of Topliss-reactive ketones (excluding diaryl/α,β-unsaturated/α-hetero) is 1. The molecule has 17 heavy (non-hydrogen) atoms. The summed E-state index contributed by atoms with van der Waals surface area (Å²) in [4.78, 5) is 11.6. The molecule has 0 aromatic heterocycles. The van der Waals surface area contributed by atoms with Crippen molar-refractivity contribution in [3.63, 3.8) is 0 Å². The second kappa shape index (κ2) is 4.91. The summed E-state index contributed by atoms with van der Waals surface area (Å²) >= 11 is 0. The molecule has 98 valence electrons. The monoisotopic (exact) mass is 240 g/mol. The molecule has 3 nitrogen and oxygen atoms in total. The predicted octanol–water partition coefficient (Wildman–Crippen LogP) is 2.07. The summed E-state index contributed by atoms with van der Waals surface area (Å²) in [5.74, 6) is 0.0769. The van der Waals surface area contributed by atoms with Gasteiger partial charge in [0, 0.05) is 5.41 Å². The maximum atomic E-state index is 11.6. The highest BCUT2D eigenvalue weighted by Crippen LogP contribution is 2.45. The molecule has 0 amide bonds. The van der Waals surface area contributed by atoms with E-state index >= 15 is 0 Å². The Labute approximate surface area is 104 Å². The van der Waals surface area contributed by atoms with E-state index in [1.54, 1.807) is 6.92 Å². The van der Waals surface area contributed by atoms with Gasteiger partial charge in [-0.05, 0) is 37.2 Å². The number of rotatable bonds is 4. The molecule has 0 aliphatic heterocycles. The summed E-state index contributed by atoms with van der Waals surface area (Å²) in [6, 6.07) is 0. The quantitative estimate of drug-likeness (QED) is 0.791. The Balaban J connectivity index is 2.97. The van der Waals surface area contributed by atoms with Crippen LogP contribution in [0.25, 0.3) is 0 Å². The first kappa shape index (κ1) is 14.4. The molecule has 2 N–H and O–H groups in total. The molecule has 0 radical (unpaired) electrons. The van der Waals surface area contributed by atoms with Crippen LogP contribution in [0.4, 0.5) is 0 Å². The molecule has 0 saturated heterocycles. The highest BCUT2D eigenvalue weighted by atomic mass is 16.3. The zero-order chi connectivity index (χ0) is 13.3. The van der Waals surface area contributed by atoms with E-state index in [-0.39, 0.29) is 24.4 Å². The van der Waals surface area contributed by atoms with Crippen LogP contribution in [0.5, 0.6) is 0 Å². The van der Waals surface area contributed by atoms with E-state index in [9.17, 15) is 15.0 Å². The minimum atomic E-state index is -0.512. The standard InChI is InChI=1S/C14H24O3/c1-10(17)12-7-14(8-15,9-16)6-11(12)5-13(2,3)4/h15-16H,5-9H2,1-4H3. The van der Waals surface area contributed by atoms with Gasteiger partial charge in [-0.3, -0.25) is 4.79 Å². The van der Waals surface area contributed by atoms with Crippen molar-refractivity contribution in [3.05, 3.63) is 11.1 Å². The maximum absolute atomic E-state index is 11.6. The summed E-state index contributed by atoms with van der Waals surface area (Å²) in [6.07, 6.45) is 2.01. The average molecular weight is 240 g/mol. The summed E-state index contributed by atoms with van der Waals surface area (Å²) in [5, 5.41) is 18.9. The lowest BCUT2D eigenvalue weighted by atomic mass is 9.82. The van der Waals surface area contributed by atoms with Crippen LogP contribution in [-0.2, 0) is 4.79 Å². The SMILES string of the molecule is CC(=O)C1=C(CC(C)(C)C)CC(CO)(CO)C1. The number of allylic oxidation sites excluding steroid dienone is 2. The smallest absolute Gasteiger partial charge is 0.155 e. The summed E-state index contributed by atoms with van der Waals surface area (Å²) < 4.78 is 0. The van der Waals surface area contributed by atoms with Gasteiger partial charge in [0.05, 0.1) is 13.2 Å². The Hall–Kier alpha value is -0.670. The number of carbonyl (C=O) groups excluding carboxylic acids is 1. The third-order valence-electron chi connectivity index (χ3n) is 3.41. The molecular weight excluding hydrogens is 216 g/mol. The van der Waals surface area contributed by atoms with Crippen molar-refractivity contribution in [3.8, 4) is 0 Å². The van der Waals surface area contributed by atoms with Crippen LogP contribution in [0, 0.1) is 10.8 Å². The van der Waals surface area contributed by atoms with E-state index in [2.05, 4.69) is 20.8 Å². The first-order valence-electron chi connectivity index (χ1n) is 6.17. The number of aliphatic hydroxyl groups is 2. The number of carbonyl (C=O) groups is 1. The third kappa shape index (κ3) is 3.39. The lowest BCUT2D eigenvalue weighted by Crippen LogP contribution is -2.27. The number of hydrogen-bond acceptors (Lipinski definition) is 3. The van der Waals surface area contributed by atoms with Crippen molar-refractivity contribution < 1.29 is 15.0 Å². The maximum Gasteiger partial charge on any atom is 0.155 e. The number of hydrogen-bond donors (Lipinski definition) is 2. The Morgan fingerprint density at radius 2 is 1.76 bits per heavy atom. The molecule has 1 rings (SSSR count). The van der Waals surface area contributed by atoms with Gasteiger partial charge >= 0.3 is 0 Å². The van der Waals surface area contributed by atoms with Crippen LogP contribution in [0.15, 0.2) is 11.1 Å². The van der Waals surface area contributed by atoms with Gasteiger partial charge in [0.1, 0.15) is 0 Å². The van der Waals surface area contributed by atoms with Gasteiger partial charge < -0.3 is 10.2 Å². The topological polar surface area (TPSA) is 57.5 Å². The summed E-state index contributed by atoms with van der Waals surface area (Å²) in [5.41, 5.74) is 1.55. The van der Waals surface area contributed by atoms with Gasteiger partial charge in [0.2, 0.25) is 0 Å². The van der Waals surface area contributed by atoms with Crippen LogP contribution >= 0.6 is 0 Å². The van der Waals surface area contributed by atoms with E-state index in [4.69, 9.17) is 0 Å². The van der Waals surface area contributed by atoms with Crippen molar-refractivity contribution in [2.45, 2.75) is 47.0 Å². The predicted molar refractivity (Wildman–Crippen MR) is 67.6 cm³/mol. The molecule has 3 heteroatoms. The lowest BCUT2D eigenvalue weighted by molar-refractivity contribution is -0.113. The van der Waals surface area contributed by atoms with Gasteiger partial charge in [0.15, 0.2) is 5.78 Å². The Morgan fingerprint density at radius 1 is 1.24 bits per heavy atom. The normalized spacial score (nSPS) is 19.9. The van der Waals surface area contributed by atoms with Crippen LogP contribution in [0.3, 0.4) is 0 Å². The van der Waals surface area contributed by atoms with Crippen molar-refractivity contribution in [2.75, 3.05) is 13.2 Å². The highest BCUT2D eigenvalue weighted by molar-refractivity contribution is 5.94. The van der Waals surface area contributed by atoms with E-state index in [0.29, 0.717) is 12.8 Å². The van der Waals surface area contributed by atoms with Gasteiger partial charge in [-0.2, -0.15) is 0 Å². The molecule has 0 unspecified atom stereocenters. The molecular formula is C14H24O3. The van der Waals surface area contributed by atoms with Crippen LogP contribution < -0.4 is 0 Å². The molecule has 0 atom stereocenters. The van der Waals surface area contributed by atoms with Crippen LogP contribution in [0.1, 0.15) is 47.0 Å². The van der Waals surface area contributed by atoms with E-state index in [1.807, 2.05) is 0 Å². The number of ketones is 1. The number of aliphatic hydroxyl groups excluding tert-OH is 2. The van der Waals surface area contributed by atoms with Crippen molar-refractivity contribution >= 4 is 5.78 Å². The zero-order valence-electron chi connectivity index (χ0n) is 11.3. The molecule has 1 aliphatic rings. The Bertz CT molecular complexity index is 330. The largest absolute Gasteiger partial charge is 0.396 e. The summed E-state index contributed by atoms with van der Waals surface area (Å²) in [6.45, 7) is 7.85. The van der Waals surface area contributed by atoms with Crippen LogP contribution in [-0.4, -0.2) is 29.2 Å². The minimum absolute atomic E-state index is 0.0616. The molecule has 0 fully saturated rings. The molecule has 0 heterocycles. The second-order valence-corrected chi connectivity index (χ2v) is 6.55. The molecule has 0 aromatic carbocycles. The fraction of sp³-hybridized carbons (Fsp3) is 0.786. The first-order valence-corrected chi connectivity index (χ1v) is 6.17. The van der Waals surface area contributed by atoms with Gasteiger partial charge in [-0.1, -0.05) is 26.3 Å². The fourth-order valence-electron chi connectivity index (χ4n) is 2.58. The van der Waals surface area contributed by atoms with Crippen molar-refractivity contribution in [2.24, 2.45) is 10.8 Å². The van der Waals surface area contributed by atoms with Gasteiger partial charge in [-0.25, -0.2) is 0 Å². The molecule has 0 spiro atoms. The van der Waals surface area contributed by atoms with Gasteiger partial charge in [-0.15, -0.1) is 0 Å². The minimum Gasteiger partial charge on any atom is -0.396 e. The molecule has 0 saturated carbocycles. The third-order valence-corrected chi connectivity index (χ3v) is 3.41. The van der Waals surface area contributed by atoms with Crippen LogP contribution in [0.2, 0.25) is 0 Å². The fourth-order valence-corrected chi connectivity index (χ4v) is 2.58. The second-order valence-electron chi connectivity index (χ2n) is 6.55. The van der Waals surface area contributed by atoms with E-state index in [1.165, 1.54) is 0 Å². The zero-order valence-corrected chi connectivity index (χ0v) is 11.3. The average Bonchev–Trinajstić information content (AvgIpc) is 2.55. The van der Waals surface area contributed by atoms with Crippen molar-refractivity contribution in [1.29, 1.82) is 0 Å². The summed E-state index contributed by atoms with van der Waals surface area (Å²) in [7, 11) is 0. The molecule has 1 aliphatic carbocycles. The Kier molecular flexibility index (Phi) is 4.15. The highest BCUT2D eigenvalue weighted by Gasteiger charge is 2.39. The van der Waals surface area contributed by atoms with E-state index in [0.717, 1.165) is 17.6 Å². The molecule has 0 bridgehead atoms.